The second kappa shape index (κ2) is 9.28. The molecule has 0 aliphatic carbocycles. The van der Waals surface area contributed by atoms with Crippen molar-refractivity contribution >= 4 is 11.6 Å². The van der Waals surface area contributed by atoms with E-state index in [9.17, 15) is 5.11 Å². The summed E-state index contributed by atoms with van der Waals surface area (Å²) in [5, 5.41) is 14.4. The number of aryl methyl sites for hydroxylation is 2. The highest BCUT2D eigenvalue weighted by Gasteiger charge is 2.25. The van der Waals surface area contributed by atoms with E-state index in [1.807, 2.05) is 26.0 Å². The van der Waals surface area contributed by atoms with E-state index < -0.39 is 6.10 Å². The number of aliphatic hydroxyl groups excluding tert-OH is 1. The van der Waals surface area contributed by atoms with Crippen LogP contribution in [0.25, 0.3) is 0 Å². The Hall–Kier alpha value is -0.480. The maximum Gasteiger partial charge on any atom is 0.120 e. The lowest BCUT2D eigenvalue weighted by Gasteiger charge is -2.34. The van der Waals surface area contributed by atoms with Crippen molar-refractivity contribution in [2.75, 3.05) is 13.2 Å². The number of hydrogen-bond donors (Lipinski definition) is 2. The Kier molecular flexibility index (Phi) is 9.10. The average Bonchev–Trinajstić information content (AvgIpc) is 2.37. The molecule has 0 aliphatic heterocycles. The van der Waals surface area contributed by atoms with Gasteiger partial charge in [0.15, 0.2) is 0 Å². The van der Waals surface area contributed by atoms with Crippen molar-refractivity contribution in [3.63, 3.8) is 0 Å². The summed E-state index contributed by atoms with van der Waals surface area (Å²) in [4.78, 5) is 0. The Balaban J connectivity index is 0.00000529. The van der Waals surface area contributed by atoms with Gasteiger partial charge in [0.05, 0.1) is 0 Å². The van der Waals surface area contributed by atoms with Gasteiger partial charge in [-0.2, -0.15) is 0 Å². The molecular weight excluding hydrogens is 345 g/mol. The van der Waals surface area contributed by atoms with Crippen molar-refractivity contribution < 1.29 is 22.3 Å². The van der Waals surface area contributed by atoms with E-state index in [1.165, 1.54) is 0 Å². The van der Waals surface area contributed by atoms with E-state index in [1.54, 1.807) is 0 Å². The fourth-order valence-electron chi connectivity index (χ4n) is 3.02. The molecule has 0 aromatic heterocycles. The molecular formula is C19H32Cl2NO2-. The maximum absolute atomic E-state index is 10.2. The molecule has 0 heterocycles. The summed E-state index contributed by atoms with van der Waals surface area (Å²) < 4.78 is 5.70. The highest BCUT2D eigenvalue weighted by Crippen LogP contribution is 2.27. The van der Waals surface area contributed by atoms with Crippen molar-refractivity contribution in [2.45, 2.75) is 66.5 Å². The summed E-state index contributed by atoms with van der Waals surface area (Å²) in [6, 6.07) is 3.80. The van der Waals surface area contributed by atoms with E-state index in [4.69, 9.17) is 16.3 Å². The van der Waals surface area contributed by atoms with Gasteiger partial charge < -0.3 is 27.6 Å². The summed E-state index contributed by atoms with van der Waals surface area (Å²) in [6.45, 7) is 15.7. The molecule has 1 atom stereocenters. The first kappa shape index (κ1) is 23.5. The molecule has 5 heteroatoms. The van der Waals surface area contributed by atoms with Crippen molar-refractivity contribution in [3.8, 4) is 5.75 Å². The zero-order chi connectivity index (χ0) is 17.8. The van der Waals surface area contributed by atoms with E-state index >= 15 is 0 Å². The second-order valence-corrected chi connectivity index (χ2v) is 8.72. The third-order valence-corrected chi connectivity index (χ3v) is 4.24. The molecule has 0 fully saturated rings. The van der Waals surface area contributed by atoms with Crippen LogP contribution >= 0.6 is 11.6 Å². The molecule has 0 bridgehead atoms. The zero-order valence-electron chi connectivity index (χ0n) is 16.0. The lowest BCUT2D eigenvalue weighted by atomic mass is 9.82. The lowest BCUT2D eigenvalue weighted by Crippen LogP contribution is -3.00. The summed E-state index contributed by atoms with van der Waals surface area (Å²) in [6.07, 6.45) is 0.480. The van der Waals surface area contributed by atoms with Crippen LogP contribution in [0.15, 0.2) is 12.1 Å². The Morgan fingerprint density at radius 1 is 1.12 bits per heavy atom. The minimum Gasteiger partial charge on any atom is -1.00 e. The fraction of sp³-hybridized carbons (Fsp3) is 0.684. The molecule has 140 valence electrons. The Bertz CT molecular complexity index is 502. The highest BCUT2D eigenvalue weighted by atomic mass is 35.5. The van der Waals surface area contributed by atoms with Gasteiger partial charge in [-0.3, -0.25) is 0 Å². The van der Waals surface area contributed by atoms with Crippen LogP contribution in [0.4, 0.5) is 0 Å². The van der Waals surface area contributed by atoms with Gasteiger partial charge in [-0.15, -0.1) is 0 Å². The number of benzene rings is 1. The van der Waals surface area contributed by atoms with Gasteiger partial charge in [-0.1, -0.05) is 32.4 Å². The molecule has 0 aliphatic rings. The number of aliphatic hydroxyl groups is 1. The van der Waals surface area contributed by atoms with Crippen LogP contribution in [0.5, 0.6) is 5.75 Å². The van der Waals surface area contributed by atoms with Gasteiger partial charge in [0.2, 0.25) is 0 Å². The molecule has 2 N–H and O–H groups in total. The number of halogens is 2. The summed E-state index contributed by atoms with van der Waals surface area (Å²) in [5.74, 6) is 0.748. The van der Waals surface area contributed by atoms with Crippen LogP contribution in [0, 0.1) is 19.3 Å². The molecule has 0 saturated heterocycles. The van der Waals surface area contributed by atoms with Gasteiger partial charge in [0, 0.05) is 17.1 Å². The van der Waals surface area contributed by atoms with Crippen molar-refractivity contribution in [1.29, 1.82) is 0 Å². The van der Waals surface area contributed by atoms with Crippen molar-refractivity contribution in [2.24, 2.45) is 5.41 Å². The standard InChI is InChI=1S/C19H32ClNO2.ClH/c1-13-8-16(9-14(2)17(13)20)23-11-15(22)10-21-19(6,7)12-18(3,4)5;/h8-9,15,21-22H,10-12H2,1-7H3;1H/p-1. The van der Waals surface area contributed by atoms with Gasteiger partial charge in [-0.05, 0) is 62.8 Å². The smallest absolute Gasteiger partial charge is 0.120 e. The molecule has 1 aromatic rings. The highest BCUT2D eigenvalue weighted by molar-refractivity contribution is 6.32. The molecule has 3 nitrogen and oxygen atoms in total. The van der Waals surface area contributed by atoms with Gasteiger partial charge in [-0.25, -0.2) is 0 Å². The molecule has 1 unspecified atom stereocenters. The van der Waals surface area contributed by atoms with Crippen LogP contribution < -0.4 is 22.5 Å². The van der Waals surface area contributed by atoms with E-state index in [2.05, 4.69) is 39.9 Å². The average molecular weight is 377 g/mol. The van der Waals surface area contributed by atoms with Crippen LogP contribution in [0.3, 0.4) is 0 Å². The van der Waals surface area contributed by atoms with Gasteiger partial charge in [0.1, 0.15) is 18.5 Å². The minimum absolute atomic E-state index is 0. The molecule has 0 amide bonds. The first-order valence-electron chi connectivity index (χ1n) is 8.22. The quantitative estimate of drug-likeness (QED) is 0.757. The van der Waals surface area contributed by atoms with E-state index in [0.29, 0.717) is 6.54 Å². The molecule has 24 heavy (non-hydrogen) atoms. The Morgan fingerprint density at radius 2 is 1.62 bits per heavy atom. The monoisotopic (exact) mass is 376 g/mol. The number of rotatable bonds is 7. The summed E-state index contributed by atoms with van der Waals surface area (Å²) >= 11 is 6.15. The first-order chi connectivity index (χ1) is 10.4. The fourth-order valence-corrected chi connectivity index (χ4v) is 3.13. The van der Waals surface area contributed by atoms with Crippen molar-refractivity contribution in [3.05, 3.63) is 28.3 Å². The normalized spacial score (nSPS) is 13.4. The second-order valence-electron chi connectivity index (χ2n) is 8.34. The number of nitrogens with one attached hydrogen (secondary N) is 1. The SMILES string of the molecule is Cc1cc(OCC(O)CNC(C)(C)CC(C)(C)C)cc(C)c1Cl.[Cl-]. The Morgan fingerprint density at radius 3 is 2.08 bits per heavy atom. The van der Waals surface area contributed by atoms with Crippen molar-refractivity contribution in [1.82, 2.24) is 5.32 Å². The minimum atomic E-state index is -0.550. The largest absolute Gasteiger partial charge is 1.00 e. The third kappa shape index (κ3) is 8.57. The zero-order valence-corrected chi connectivity index (χ0v) is 17.5. The van der Waals surface area contributed by atoms with E-state index in [0.717, 1.165) is 28.3 Å². The summed E-state index contributed by atoms with van der Waals surface area (Å²) in [5.41, 5.74) is 2.20. The lowest BCUT2D eigenvalue weighted by molar-refractivity contribution is -0.00000830. The van der Waals surface area contributed by atoms with Gasteiger partial charge >= 0.3 is 0 Å². The number of hydrogen-bond acceptors (Lipinski definition) is 3. The number of β-amino-alcohol motifs (C(OH)–C–C–N with tert-alkyl or cyclic N) is 1. The molecule has 0 saturated carbocycles. The van der Waals surface area contributed by atoms with E-state index in [-0.39, 0.29) is 30.0 Å². The topological polar surface area (TPSA) is 41.5 Å². The van der Waals surface area contributed by atoms with Crippen LogP contribution in [0.2, 0.25) is 5.02 Å². The molecule has 0 spiro atoms. The van der Waals surface area contributed by atoms with Crippen LogP contribution in [0.1, 0.15) is 52.2 Å². The van der Waals surface area contributed by atoms with Gasteiger partial charge in [0.25, 0.3) is 0 Å². The molecule has 1 aromatic carbocycles. The third-order valence-electron chi connectivity index (χ3n) is 3.64. The molecule has 1 rings (SSSR count). The van der Waals surface area contributed by atoms with Crippen LogP contribution in [-0.4, -0.2) is 29.9 Å². The maximum atomic E-state index is 10.2. The first-order valence-corrected chi connectivity index (χ1v) is 8.60. The van der Waals surface area contributed by atoms with Crippen LogP contribution in [-0.2, 0) is 0 Å². The number of ether oxygens (including phenoxy) is 1. The predicted molar refractivity (Wildman–Crippen MR) is 98.6 cm³/mol. The molecule has 0 radical (unpaired) electrons. The predicted octanol–water partition coefficient (Wildman–Crippen LogP) is 1.50. The Labute approximate surface area is 158 Å². The summed E-state index contributed by atoms with van der Waals surface area (Å²) in [7, 11) is 0.